The van der Waals surface area contributed by atoms with Gasteiger partial charge in [-0.1, -0.05) is 12.1 Å². The molecule has 1 aromatic heterocycles. The summed E-state index contributed by atoms with van der Waals surface area (Å²) < 4.78 is 7.81. The molecule has 3 rings (SSSR count). The van der Waals surface area contributed by atoms with E-state index in [1.165, 1.54) is 11.1 Å². The molecule has 1 N–H and O–H groups in total. The molecule has 1 aliphatic heterocycles. The molecular formula is C16H21N3O. The second kappa shape index (κ2) is 4.85. The number of nitrogens with zero attached hydrogens (tertiary/aromatic N) is 2. The molecule has 0 spiro atoms. The van der Waals surface area contributed by atoms with Crippen molar-refractivity contribution in [3.63, 3.8) is 0 Å². The smallest absolute Gasteiger partial charge is 0.123 e. The molecule has 0 amide bonds. The molecule has 0 atom stereocenters. The fourth-order valence-corrected chi connectivity index (χ4v) is 2.60. The lowest BCUT2D eigenvalue weighted by Gasteiger charge is -2.16. The van der Waals surface area contributed by atoms with Gasteiger partial charge in [0, 0.05) is 25.7 Å². The Hall–Kier alpha value is -1.97. The highest BCUT2D eigenvalue weighted by Gasteiger charge is 2.29. The minimum Gasteiger partial charge on any atom is -0.487 e. The van der Waals surface area contributed by atoms with Crippen molar-refractivity contribution < 1.29 is 4.74 Å². The largest absolute Gasteiger partial charge is 0.487 e. The van der Waals surface area contributed by atoms with E-state index in [1.807, 2.05) is 17.1 Å². The summed E-state index contributed by atoms with van der Waals surface area (Å²) in [6, 6.07) is 6.44. The second-order valence-corrected chi connectivity index (χ2v) is 5.92. The maximum atomic E-state index is 5.90. The van der Waals surface area contributed by atoms with E-state index in [9.17, 15) is 0 Å². The summed E-state index contributed by atoms with van der Waals surface area (Å²) >= 11 is 0. The zero-order valence-corrected chi connectivity index (χ0v) is 12.3. The van der Waals surface area contributed by atoms with Gasteiger partial charge in [-0.15, -0.1) is 0 Å². The van der Waals surface area contributed by atoms with Gasteiger partial charge in [0.2, 0.25) is 0 Å². The van der Waals surface area contributed by atoms with Gasteiger partial charge in [0.15, 0.2) is 0 Å². The predicted molar refractivity (Wildman–Crippen MR) is 80.1 cm³/mol. The van der Waals surface area contributed by atoms with Crippen LogP contribution in [-0.4, -0.2) is 15.4 Å². The average Bonchev–Trinajstić information content (AvgIpc) is 2.97. The molecule has 20 heavy (non-hydrogen) atoms. The van der Waals surface area contributed by atoms with Crippen molar-refractivity contribution in [2.24, 2.45) is 0 Å². The summed E-state index contributed by atoms with van der Waals surface area (Å²) in [5, 5.41) is 7.66. The number of ether oxygens (including phenoxy) is 1. The van der Waals surface area contributed by atoms with E-state index < -0.39 is 0 Å². The van der Waals surface area contributed by atoms with Gasteiger partial charge in [-0.05, 0) is 38.0 Å². The van der Waals surface area contributed by atoms with Crippen LogP contribution in [0.15, 0.2) is 30.6 Å². The van der Waals surface area contributed by atoms with Crippen molar-refractivity contribution in [1.29, 1.82) is 0 Å². The Morgan fingerprint density at radius 3 is 3.00 bits per heavy atom. The lowest BCUT2D eigenvalue weighted by Crippen LogP contribution is -2.24. The van der Waals surface area contributed by atoms with Gasteiger partial charge in [0.25, 0.3) is 0 Å². The van der Waals surface area contributed by atoms with Crippen LogP contribution in [0.4, 0.5) is 5.69 Å². The van der Waals surface area contributed by atoms with Crippen LogP contribution in [0, 0.1) is 0 Å². The second-order valence-electron chi connectivity index (χ2n) is 5.92. The van der Waals surface area contributed by atoms with Gasteiger partial charge in [-0.25, -0.2) is 0 Å². The number of fused-ring (bicyclic) bond motifs is 1. The van der Waals surface area contributed by atoms with Crippen molar-refractivity contribution in [1.82, 2.24) is 9.78 Å². The fourth-order valence-electron chi connectivity index (χ4n) is 2.60. The number of nitrogens with one attached hydrogen (secondary N) is 1. The number of benzene rings is 1. The van der Waals surface area contributed by atoms with Crippen molar-refractivity contribution in [2.45, 2.75) is 45.9 Å². The molecule has 1 aromatic carbocycles. The van der Waals surface area contributed by atoms with Crippen LogP contribution in [0.3, 0.4) is 0 Å². The SMILES string of the molecule is CCn1cc(NCc2ccc3c(c2)CC(C)(C)O3)cn1. The van der Waals surface area contributed by atoms with Crippen LogP contribution in [0.5, 0.6) is 5.75 Å². The zero-order chi connectivity index (χ0) is 14.2. The number of hydrogen-bond acceptors (Lipinski definition) is 3. The monoisotopic (exact) mass is 271 g/mol. The highest BCUT2D eigenvalue weighted by atomic mass is 16.5. The first-order valence-electron chi connectivity index (χ1n) is 7.13. The summed E-state index contributed by atoms with van der Waals surface area (Å²) in [5.74, 6) is 1.03. The topological polar surface area (TPSA) is 39.1 Å². The minimum atomic E-state index is -0.0728. The highest BCUT2D eigenvalue weighted by Crippen LogP contribution is 2.35. The number of aryl methyl sites for hydroxylation is 1. The molecule has 0 fully saturated rings. The third kappa shape index (κ3) is 2.64. The Bertz CT molecular complexity index is 616. The van der Waals surface area contributed by atoms with Crippen molar-refractivity contribution in [3.8, 4) is 5.75 Å². The summed E-state index contributed by atoms with van der Waals surface area (Å²) in [6.07, 6.45) is 4.87. The highest BCUT2D eigenvalue weighted by molar-refractivity contribution is 5.44. The Balaban J connectivity index is 1.67. The first-order chi connectivity index (χ1) is 9.55. The Morgan fingerprint density at radius 2 is 2.25 bits per heavy atom. The third-order valence-electron chi connectivity index (χ3n) is 3.58. The van der Waals surface area contributed by atoms with Crippen molar-refractivity contribution >= 4 is 5.69 Å². The molecule has 0 radical (unpaired) electrons. The summed E-state index contributed by atoms with van der Waals surface area (Å²) in [5.41, 5.74) is 3.56. The first-order valence-corrected chi connectivity index (χ1v) is 7.13. The lowest BCUT2D eigenvalue weighted by atomic mass is 10.0. The molecule has 2 aromatic rings. The molecule has 4 nitrogen and oxygen atoms in total. The number of rotatable bonds is 4. The molecule has 0 saturated heterocycles. The van der Waals surface area contributed by atoms with Gasteiger partial charge < -0.3 is 10.1 Å². The Labute approximate surface area is 119 Å². The van der Waals surface area contributed by atoms with E-state index in [4.69, 9.17) is 4.74 Å². The van der Waals surface area contributed by atoms with Gasteiger partial charge >= 0.3 is 0 Å². The van der Waals surface area contributed by atoms with Crippen LogP contribution in [-0.2, 0) is 19.5 Å². The van der Waals surface area contributed by atoms with E-state index in [0.717, 1.165) is 30.9 Å². The summed E-state index contributed by atoms with van der Waals surface area (Å²) in [7, 11) is 0. The van der Waals surface area contributed by atoms with E-state index in [2.05, 4.69) is 49.4 Å². The van der Waals surface area contributed by atoms with E-state index >= 15 is 0 Å². The van der Waals surface area contributed by atoms with Crippen LogP contribution < -0.4 is 10.1 Å². The Kier molecular flexibility index (Phi) is 3.16. The van der Waals surface area contributed by atoms with Crippen LogP contribution in [0.2, 0.25) is 0 Å². The maximum Gasteiger partial charge on any atom is 0.123 e. The molecule has 0 saturated carbocycles. The lowest BCUT2D eigenvalue weighted by molar-refractivity contribution is 0.138. The number of hydrogen-bond donors (Lipinski definition) is 1. The van der Waals surface area contributed by atoms with Crippen molar-refractivity contribution in [3.05, 3.63) is 41.7 Å². The van der Waals surface area contributed by atoms with E-state index in [0.29, 0.717) is 0 Å². The number of aromatic nitrogens is 2. The third-order valence-corrected chi connectivity index (χ3v) is 3.58. The summed E-state index contributed by atoms with van der Waals surface area (Å²) in [6.45, 7) is 8.04. The molecule has 1 aliphatic rings. The molecular weight excluding hydrogens is 250 g/mol. The van der Waals surface area contributed by atoms with Gasteiger partial charge in [0.05, 0.1) is 11.9 Å². The van der Waals surface area contributed by atoms with Gasteiger partial charge in [0.1, 0.15) is 11.4 Å². The van der Waals surface area contributed by atoms with Gasteiger partial charge in [-0.2, -0.15) is 5.10 Å². The summed E-state index contributed by atoms with van der Waals surface area (Å²) in [4.78, 5) is 0. The molecule has 0 unspecified atom stereocenters. The molecule has 2 heterocycles. The quantitative estimate of drug-likeness (QED) is 0.928. The fraction of sp³-hybridized carbons (Fsp3) is 0.438. The first kappa shape index (κ1) is 13.0. The number of anilines is 1. The standard InChI is InChI=1S/C16H21N3O/c1-4-19-11-14(10-18-19)17-9-12-5-6-15-13(7-12)8-16(2,3)20-15/h5-7,10-11,17H,4,8-9H2,1-3H3. The average molecular weight is 271 g/mol. The van der Waals surface area contributed by atoms with Crippen LogP contribution in [0.25, 0.3) is 0 Å². The normalized spacial score (nSPS) is 15.8. The molecule has 106 valence electrons. The zero-order valence-electron chi connectivity index (χ0n) is 12.3. The molecule has 0 bridgehead atoms. The van der Waals surface area contributed by atoms with Gasteiger partial charge in [-0.3, -0.25) is 4.68 Å². The maximum absolute atomic E-state index is 5.90. The predicted octanol–water partition coefficient (Wildman–Crippen LogP) is 3.23. The van der Waals surface area contributed by atoms with E-state index in [1.54, 1.807) is 0 Å². The van der Waals surface area contributed by atoms with Crippen LogP contribution in [0.1, 0.15) is 31.9 Å². The van der Waals surface area contributed by atoms with Crippen LogP contribution >= 0.6 is 0 Å². The minimum absolute atomic E-state index is 0.0728. The molecule has 4 heteroatoms. The Morgan fingerprint density at radius 1 is 1.40 bits per heavy atom. The van der Waals surface area contributed by atoms with Crippen molar-refractivity contribution in [2.75, 3.05) is 5.32 Å². The van der Waals surface area contributed by atoms with E-state index in [-0.39, 0.29) is 5.60 Å². The molecule has 0 aliphatic carbocycles.